The van der Waals surface area contributed by atoms with Gasteiger partial charge in [0, 0.05) is 12.7 Å². The van der Waals surface area contributed by atoms with Gasteiger partial charge in [0.05, 0.1) is 18.8 Å². The fourth-order valence-electron chi connectivity index (χ4n) is 1.19. The standard InChI is InChI=1S/C12H15F3N2O/c1-2-3-7-18-8-6-16-11-5-4-10(9-17-11)12(13,14)15/h2,4-5,9H,1,3,6-8H2,(H,16,17). The topological polar surface area (TPSA) is 34.1 Å². The van der Waals surface area contributed by atoms with Crippen LogP contribution in [0.4, 0.5) is 19.0 Å². The Morgan fingerprint density at radius 3 is 2.67 bits per heavy atom. The van der Waals surface area contributed by atoms with Crippen molar-refractivity contribution in [3.05, 3.63) is 36.5 Å². The van der Waals surface area contributed by atoms with Crippen LogP contribution in [0.15, 0.2) is 31.0 Å². The van der Waals surface area contributed by atoms with E-state index in [1.165, 1.54) is 6.07 Å². The maximum atomic E-state index is 12.3. The van der Waals surface area contributed by atoms with Gasteiger partial charge >= 0.3 is 6.18 Å². The fraction of sp³-hybridized carbons (Fsp3) is 0.417. The van der Waals surface area contributed by atoms with Crippen molar-refractivity contribution in [2.24, 2.45) is 0 Å². The largest absolute Gasteiger partial charge is 0.417 e. The van der Waals surface area contributed by atoms with Crippen molar-refractivity contribution in [2.45, 2.75) is 12.6 Å². The van der Waals surface area contributed by atoms with E-state index in [2.05, 4.69) is 16.9 Å². The molecule has 0 saturated carbocycles. The summed E-state index contributed by atoms with van der Waals surface area (Å²) >= 11 is 0. The molecule has 0 unspecified atom stereocenters. The van der Waals surface area contributed by atoms with E-state index in [1.807, 2.05) is 0 Å². The van der Waals surface area contributed by atoms with Gasteiger partial charge in [-0.2, -0.15) is 13.2 Å². The highest BCUT2D eigenvalue weighted by Gasteiger charge is 2.30. The summed E-state index contributed by atoms with van der Waals surface area (Å²) in [6.45, 7) is 5.11. The number of hydrogen-bond acceptors (Lipinski definition) is 3. The number of ether oxygens (including phenoxy) is 1. The second-order valence-electron chi connectivity index (χ2n) is 3.55. The average Bonchev–Trinajstić information content (AvgIpc) is 2.33. The Morgan fingerprint density at radius 2 is 2.11 bits per heavy atom. The van der Waals surface area contributed by atoms with E-state index in [-0.39, 0.29) is 0 Å². The first kappa shape index (κ1) is 14.5. The molecule has 18 heavy (non-hydrogen) atoms. The Morgan fingerprint density at radius 1 is 1.33 bits per heavy atom. The summed E-state index contributed by atoms with van der Waals surface area (Å²) in [6, 6.07) is 2.29. The minimum Gasteiger partial charge on any atom is -0.379 e. The number of alkyl halides is 3. The van der Waals surface area contributed by atoms with Crippen LogP contribution < -0.4 is 5.32 Å². The molecule has 0 atom stereocenters. The van der Waals surface area contributed by atoms with E-state index < -0.39 is 11.7 Å². The van der Waals surface area contributed by atoms with Gasteiger partial charge in [0.2, 0.25) is 0 Å². The van der Waals surface area contributed by atoms with Gasteiger partial charge in [-0.3, -0.25) is 0 Å². The molecule has 1 heterocycles. The van der Waals surface area contributed by atoms with E-state index in [0.717, 1.165) is 18.7 Å². The van der Waals surface area contributed by atoms with Crippen LogP contribution in [0.3, 0.4) is 0 Å². The third-order valence-electron chi connectivity index (χ3n) is 2.11. The van der Waals surface area contributed by atoms with Crippen LogP contribution in [0.2, 0.25) is 0 Å². The number of halogens is 3. The summed E-state index contributed by atoms with van der Waals surface area (Å²) < 4.78 is 42.0. The molecule has 3 nitrogen and oxygen atoms in total. The van der Waals surface area contributed by atoms with Crippen LogP contribution in [0.1, 0.15) is 12.0 Å². The predicted octanol–water partition coefficient (Wildman–Crippen LogP) is 3.11. The molecular formula is C12H15F3N2O. The molecule has 1 N–H and O–H groups in total. The van der Waals surface area contributed by atoms with Crippen LogP contribution >= 0.6 is 0 Å². The summed E-state index contributed by atoms with van der Waals surface area (Å²) in [4.78, 5) is 3.68. The minimum atomic E-state index is -4.35. The van der Waals surface area contributed by atoms with E-state index in [1.54, 1.807) is 6.08 Å². The molecule has 6 heteroatoms. The number of aromatic nitrogens is 1. The van der Waals surface area contributed by atoms with Crippen molar-refractivity contribution in [1.82, 2.24) is 4.98 Å². The number of pyridine rings is 1. The van der Waals surface area contributed by atoms with Gasteiger partial charge in [-0.25, -0.2) is 4.98 Å². The quantitative estimate of drug-likeness (QED) is 0.604. The molecule has 0 spiro atoms. The van der Waals surface area contributed by atoms with Crippen LogP contribution in [-0.4, -0.2) is 24.7 Å². The Labute approximate surface area is 104 Å². The molecule has 0 aliphatic heterocycles. The average molecular weight is 260 g/mol. The molecular weight excluding hydrogens is 245 g/mol. The molecule has 0 bridgehead atoms. The first-order chi connectivity index (χ1) is 8.54. The molecule has 0 fully saturated rings. The van der Waals surface area contributed by atoms with Crippen molar-refractivity contribution < 1.29 is 17.9 Å². The van der Waals surface area contributed by atoms with Crippen LogP contribution in [-0.2, 0) is 10.9 Å². The van der Waals surface area contributed by atoms with E-state index >= 15 is 0 Å². The summed E-state index contributed by atoms with van der Waals surface area (Å²) in [6.07, 6.45) is -1.01. The third kappa shape index (κ3) is 5.18. The molecule has 0 aliphatic carbocycles. The van der Waals surface area contributed by atoms with E-state index in [9.17, 15) is 13.2 Å². The molecule has 0 radical (unpaired) electrons. The van der Waals surface area contributed by atoms with Gasteiger partial charge in [-0.1, -0.05) is 6.08 Å². The minimum absolute atomic E-state index is 0.398. The molecule has 1 aromatic rings. The Bertz CT molecular complexity index is 363. The monoisotopic (exact) mass is 260 g/mol. The van der Waals surface area contributed by atoms with Crippen LogP contribution in [0.5, 0.6) is 0 Å². The second-order valence-corrected chi connectivity index (χ2v) is 3.55. The van der Waals surface area contributed by atoms with Crippen LogP contribution in [0.25, 0.3) is 0 Å². The first-order valence-electron chi connectivity index (χ1n) is 5.50. The Kier molecular flexibility index (Phi) is 5.64. The van der Waals surface area contributed by atoms with Crippen molar-refractivity contribution >= 4 is 5.82 Å². The maximum Gasteiger partial charge on any atom is 0.417 e. The Balaban J connectivity index is 2.29. The zero-order valence-electron chi connectivity index (χ0n) is 9.83. The summed E-state index contributed by atoms with van der Waals surface area (Å²) in [5, 5.41) is 2.87. The summed E-state index contributed by atoms with van der Waals surface area (Å²) in [5.41, 5.74) is -0.754. The van der Waals surface area contributed by atoms with E-state index in [0.29, 0.717) is 25.6 Å². The van der Waals surface area contributed by atoms with E-state index in [4.69, 9.17) is 4.74 Å². The number of hydrogen-bond donors (Lipinski definition) is 1. The molecule has 0 aromatic carbocycles. The highest BCUT2D eigenvalue weighted by atomic mass is 19.4. The zero-order chi connectivity index (χ0) is 13.4. The smallest absolute Gasteiger partial charge is 0.379 e. The normalized spacial score (nSPS) is 11.3. The van der Waals surface area contributed by atoms with Gasteiger partial charge < -0.3 is 10.1 Å². The predicted molar refractivity (Wildman–Crippen MR) is 63.4 cm³/mol. The zero-order valence-corrected chi connectivity index (χ0v) is 9.83. The lowest BCUT2D eigenvalue weighted by Gasteiger charge is -2.08. The number of nitrogens with one attached hydrogen (secondary N) is 1. The third-order valence-corrected chi connectivity index (χ3v) is 2.11. The van der Waals surface area contributed by atoms with Gasteiger partial charge in [0.25, 0.3) is 0 Å². The SMILES string of the molecule is C=CCCOCCNc1ccc(C(F)(F)F)cn1. The molecule has 1 rings (SSSR count). The lowest BCUT2D eigenvalue weighted by Crippen LogP contribution is -2.11. The molecule has 0 saturated heterocycles. The molecule has 100 valence electrons. The highest BCUT2D eigenvalue weighted by molar-refractivity contribution is 5.35. The molecule has 0 amide bonds. The number of anilines is 1. The highest BCUT2D eigenvalue weighted by Crippen LogP contribution is 2.28. The number of rotatable bonds is 7. The van der Waals surface area contributed by atoms with Crippen LogP contribution in [0, 0.1) is 0 Å². The van der Waals surface area contributed by atoms with Crippen molar-refractivity contribution in [2.75, 3.05) is 25.1 Å². The van der Waals surface area contributed by atoms with Gasteiger partial charge in [-0.15, -0.1) is 6.58 Å². The van der Waals surface area contributed by atoms with Gasteiger partial charge in [0.15, 0.2) is 0 Å². The maximum absolute atomic E-state index is 12.3. The molecule has 0 aliphatic rings. The summed E-state index contributed by atoms with van der Waals surface area (Å²) in [5.74, 6) is 0.398. The molecule has 1 aromatic heterocycles. The van der Waals surface area contributed by atoms with Gasteiger partial charge in [-0.05, 0) is 18.6 Å². The lowest BCUT2D eigenvalue weighted by atomic mass is 10.3. The number of nitrogens with zero attached hydrogens (tertiary/aromatic N) is 1. The summed E-state index contributed by atoms with van der Waals surface area (Å²) in [7, 11) is 0. The first-order valence-corrected chi connectivity index (χ1v) is 5.50. The van der Waals surface area contributed by atoms with Crippen molar-refractivity contribution in [1.29, 1.82) is 0 Å². The fourth-order valence-corrected chi connectivity index (χ4v) is 1.19. The van der Waals surface area contributed by atoms with Gasteiger partial charge in [0.1, 0.15) is 5.82 Å². The van der Waals surface area contributed by atoms with Crippen molar-refractivity contribution in [3.8, 4) is 0 Å². The second kappa shape index (κ2) is 7.00. The van der Waals surface area contributed by atoms with Crippen molar-refractivity contribution in [3.63, 3.8) is 0 Å². The Hall–Kier alpha value is -1.56. The lowest BCUT2D eigenvalue weighted by molar-refractivity contribution is -0.137.